The number of amides is 1. The van der Waals surface area contributed by atoms with Gasteiger partial charge in [0.15, 0.2) is 0 Å². The highest BCUT2D eigenvalue weighted by Gasteiger charge is 2.26. The number of fused-ring (bicyclic) bond motifs is 1. The fourth-order valence-corrected chi connectivity index (χ4v) is 2.65. The number of aromatic nitrogens is 3. The van der Waals surface area contributed by atoms with Gasteiger partial charge in [-0.05, 0) is 13.3 Å². The Balaban J connectivity index is 1.69. The number of nitrogens with one attached hydrogen (secondary N) is 1. The van der Waals surface area contributed by atoms with Gasteiger partial charge in [0.2, 0.25) is 5.76 Å². The van der Waals surface area contributed by atoms with Crippen LogP contribution in [0.2, 0.25) is 0 Å². The summed E-state index contributed by atoms with van der Waals surface area (Å²) in [5.41, 5.74) is 1.85. The van der Waals surface area contributed by atoms with Gasteiger partial charge in [-0.1, -0.05) is 25.9 Å². The van der Waals surface area contributed by atoms with Gasteiger partial charge in [-0.15, -0.1) is 0 Å². The number of imidazole rings is 1. The summed E-state index contributed by atoms with van der Waals surface area (Å²) < 4.78 is 7.16. The largest absolute Gasteiger partial charge is 0.351 e. The van der Waals surface area contributed by atoms with Gasteiger partial charge in [-0.25, -0.2) is 4.98 Å². The van der Waals surface area contributed by atoms with E-state index >= 15 is 0 Å². The molecule has 6 heteroatoms. The molecule has 1 aliphatic rings. The first-order valence-electron chi connectivity index (χ1n) is 7.63. The van der Waals surface area contributed by atoms with Gasteiger partial charge >= 0.3 is 0 Å². The molecule has 0 saturated heterocycles. The Labute approximate surface area is 129 Å². The molecule has 0 aromatic carbocycles. The molecular formula is C16H22N4O2. The van der Waals surface area contributed by atoms with E-state index in [1.54, 1.807) is 13.0 Å². The minimum absolute atomic E-state index is 0.0421. The van der Waals surface area contributed by atoms with Crippen molar-refractivity contribution in [3.63, 3.8) is 0 Å². The van der Waals surface area contributed by atoms with Crippen LogP contribution in [0.3, 0.4) is 0 Å². The van der Waals surface area contributed by atoms with Crippen molar-refractivity contribution in [1.82, 2.24) is 20.0 Å². The van der Waals surface area contributed by atoms with E-state index in [1.165, 1.54) is 0 Å². The molecular weight excluding hydrogens is 280 g/mol. The van der Waals surface area contributed by atoms with Crippen LogP contribution >= 0.6 is 0 Å². The van der Waals surface area contributed by atoms with Crippen LogP contribution in [0, 0.1) is 6.92 Å². The Kier molecular flexibility index (Phi) is 3.54. The van der Waals surface area contributed by atoms with Gasteiger partial charge in [0.25, 0.3) is 5.91 Å². The van der Waals surface area contributed by atoms with Crippen molar-refractivity contribution in [3.05, 3.63) is 35.2 Å². The van der Waals surface area contributed by atoms with E-state index in [4.69, 9.17) is 9.51 Å². The summed E-state index contributed by atoms with van der Waals surface area (Å²) in [4.78, 5) is 16.9. The van der Waals surface area contributed by atoms with Gasteiger partial charge < -0.3 is 14.4 Å². The summed E-state index contributed by atoms with van der Waals surface area (Å²) in [5, 5.41) is 6.76. The van der Waals surface area contributed by atoms with Crippen LogP contribution in [0.25, 0.3) is 0 Å². The molecule has 1 N–H and O–H groups in total. The summed E-state index contributed by atoms with van der Waals surface area (Å²) >= 11 is 0. The molecule has 0 fully saturated rings. The zero-order valence-electron chi connectivity index (χ0n) is 13.5. The van der Waals surface area contributed by atoms with Gasteiger partial charge in [0.1, 0.15) is 5.82 Å². The molecule has 1 atom stereocenters. The first-order valence-corrected chi connectivity index (χ1v) is 7.63. The van der Waals surface area contributed by atoms with E-state index in [0.29, 0.717) is 5.69 Å². The molecule has 0 spiro atoms. The summed E-state index contributed by atoms with van der Waals surface area (Å²) in [5.74, 6) is 1.17. The molecule has 0 unspecified atom stereocenters. The number of hydrogen-bond acceptors (Lipinski definition) is 4. The third kappa shape index (κ3) is 2.91. The van der Waals surface area contributed by atoms with Crippen LogP contribution in [-0.4, -0.2) is 26.7 Å². The maximum Gasteiger partial charge on any atom is 0.290 e. The average molecular weight is 302 g/mol. The lowest BCUT2D eigenvalue weighted by atomic mass is 9.93. The zero-order chi connectivity index (χ0) is 15.9. The molecule has 0 aliphatic carbocycles. The normalized spacial score (nSPS) is 18.1. The maximum atomic E-state index is 12.1. The Morgan fingerprint density at radius 2 is 2.23 bits per heavy atom. The molecule has 1 amide bonds. The van der Waals surface area contributed by atoms with Gasteiger partial charge in [-0.2, -0.15) is 0 Å². The van der Waals surface area contributed by atoms with Crippen molar-refractivity contribution in [3.8, 4) is 0 Å². The lowest BCUT2D eigenvalue weighted by Crippen LogP contribution is -2.40. The number of rotatable bonds is 2. The van der Waals surface area contributed by atoms with Gasteiger partial charge in [0.05, 0.1) is 11.4 Å². The van der Waals surface area contributed by atoms with E-state index < -0.39 is 0 Å². The summed E-state index contributed by atoms with van der Waals surface area (Å²) in [6, 6.07) is 1.74. The van der Waals surface area contributed by atoms with Gasteiger partial charge in [-0.3, -0.25) is 4.79 Å². The Morgan fingerprint density at radius 1 is 1.45 bits per heavy atom. The predicted molar refractivity (Wildman–Crippen MR) is 81.7 cm³/mol. The Morgan fingerprint density at radius 3 is 2.86 bits per heavy atom. The minimum Gasteiger partial charge on any atom is -0.351 e. The van der Waals surface area contributed by atoms with Gasteiger partial charge in [0, 0.05) is 36.7 Å². The second-order valence-corrected chi connectivity index (χ2v) is 6.99. The fraction of sp³-hybridized carbons (Fsp3) is 0.562. The second-order valence-electron chi connectivity index (χ2n) is 6.99. The number of nitrogens with zero attached hydrogens (tertiary/aromatic N) is 3. The number of carbonyl (C=O) groups excluding carboxylic acids is 1. The van der Waals surface area contributed by atoms with E-state index in [0.717, 1.165) is 30.9 Å². The smallest absolute Gasteiger partial charge is 0.290 e. The molecule has 22 heavy (non-hydrogen) atoms. The molecule has 2 aromatic rings. The van der Waals surface area contributed by atoms with Crippen LogP contribution < -0.4 is 5.32 Å². The average Bonchev–Trinajstić information content (AvgIpc) is 3.03. The fourth-order valence-electron chi connectivity index (χ4n) is 2.65. The lowest BCUT2D eigenvalue weighted by Gasteiger charge is -2.24. The van der Waals surface area contributed by atoms with Crippen LogP contribution in [-0.2, 0) is 18.4 Å². The van der Waals surface area contributed by atoms with E-state index in [2.05, 4.69) is 42.0 Å². The first-order chi connectivity index (χ1) is 10.3. The number of hydrogen-bond donors (Lipinski definition) is 1. The topological polar surface area (TPSA) is 73.0 Å². The van der Waals surface area contributed by atoms with E-state index in [1.807, 2.05) is 0 Å². The van der Waals surface area contributed by atoms with E-state index in [-0.39, 0.29) is 23.1 Å². The van der Waals surface area contributed by atoms with Crippen molar-refractivity contribution in [2.24, 2.45) is 0 Å². The summed E-state index contributed by atoms with van der Waals surface area (Å²) in [6.45, 7) is 9.02. The monoisotopic (exact) mass is 302 g/mol. The van der Waals surface area contributed by atoms with Crippen molar-refractivity contribution in [1.29, 1.82) is 0 Å². The van der Waals surface area contributed by atoms with E-state index in [9.17, 15) is 4.79 Å². The SMILES string of the molecule is Cc1cc(C(=O)N[C@H]2CCc3nc(C(C)(C)C)cn3C2)on1. The first kappa shape index (κ1) is 14.8. The summed E-state index contributed by atoms with van der Waals surface area (Å²) in [7, 11) is 0. The Bertz CT molecular complexity index is 693. The molecule has 0 saturated carbocycles. The van der Waals surface area contributed by atoms with Crippen molar-refractivity contribution in [2.75, 3.05) is 0 Å². The molecule has 3 rings (SSSR count). The van der Waals surface area contributed by atoms with Crippen LogP contribution in [0.1, 0.15) is 55.0 Å². The molecule has 3 heterocycles. The molecule has 6 nitrogen and oxygen atoms in total. The molecule has 0 radical (unpaired) electrons. The van der Waals surface area contributed by atoms with Crippen LogP contribution in [0.15, 0.2) is 16.8 Å². The van der Waals surface area contributed by atoms with Crippen LogP contribution in [0.5, 0.6) is 0 Å². The zero-order valence-corrected chi connectivity index (χ0v) is 13.5. The Hall–Kier alpha value is -2.11. The second kappa shape index (κ2) is 5.26. The molecule has 0 bridgehead atoms. The quantitative estimate of drug-likeness (QED) is 0.923. The number of aryl methyl sites for hydroxylation is 2. The minimum atomic E-state index is -0.204. The molecule has 1 aliphatic heterocycles. The molecule has 2 aromatic heterocycles. The maximum absolute atomic E-state index is 12.1. The number of carbonyl (C=O) groups is 1. The lowest BCUT2D eigenvalue weighted by molar-refractivity contribution is 0.0890. The third-order valence-electron chi connectivity index (χ3n) is 3.95. The van der Waals surface area contributed by atoms with Crippen molar-refractivity contribution < 1.29 is 9.32 Å². The third-order valence-corrected chi connectivity index (χ3v) is 3.95. The van der Waals surface area contributed by atoms with Crippen molar-refractivity contribution in [2.45, 2.75) is 58.5 Å². The standard InChI is InChI=1S/C16H22N4O2/c1-10-7-12(22-19-10)15(21)17-11-5-6-14-18-13(16(2,3)4)9-20(14)8-11/h7,9,11H,5-6,8H2,1-4H3,(H,17,21)/t11-/m0/s1. The summed E-state index contributed by atoms with van der Waals surface area (Å²) in [6.07, 6.45) is 3.86. The van der Waals surface area contributed by atoms with Crippen LogP contribution in [0.4, 0.5) is 0 Å². The highest BCUT2D eigenvalue weighted by Crippen LogP contribution is 2.24. The predicted octanol–water partition coefficient (Wildman–Crippen LogP) is 2.22. The van der Waals surface area contributed by atoms with Crippen molar-refractivity contribution >= 4 is 5.91 Å². The highest BCUT2D eigenvalue weighted by atomic mass is 16.5. The molecule has 118 valence electrons. The highest BCUT2D eigenvalue weighted by molar-refractivity contribution is 5.91.